The van der Waals surface area contributed by atoms with Gasteiger partial charge >= 0.3 is 0 Å². The van der Waals surface area contributed by atoms with Crippen molar-refractivity contribution in [3.63, 3.8) is 0 Å². The Bertz CT molecular complexity index is 653. The van der Waals surface area contributed by atoms with Gasteiger partial charge in [0.25, 0.3) is 0 Å². The smallest absolute Gasteiger partial charge is 0.140 e. The fraction of sp³-hybridized carbons (Fsp3) is 0.429. The van der Waals surface area contributed by atoms with E-state index in [9.17, 15) is 0 Å². The molecule has 0 saturated carbocycles. The molecule has 120 valence electrons. The predicted molar refractivity (Wildman–Crippen MR) is 93.4 cm³/mol. The van der Waals surface area contributed by atoms with E-state index in [2.05, 4.69) is 29.7 Å². The van der Waals surface area contributed by atoms with E-state index in [4.69, 9.17) is 27.8 Å². The molecule has 0 bridgehead atoms. The number of anilines is 2. The molecule has 0 atom stereocenters. The molecule has 0 saturated heterocycles. The van der Waals surface area contributed by atoms with Gasteiger partial charge in [0.2, 0.25) is 0 Å². The monoisotopic (exact) mass is 339 g/mol. The first-order chi connectivity index (χ1) is 10.3. The minimum absolute atomic E-state index is 0.330. The number of pyridine rings is 1. The van der Waals surface area contributed by atoms with Crippen LogP contribution in [0.4, 0.5) is 11.4 Å². The maximum atomic E-state index is 6.01. The largest absolute Gasteiger partial charge is 0.397 e. The van der Waals surface area contributed by atoms with E-state index in [1.165, 1.54) is 6.20 Å². The Labute approximate surface area is 136 Å². The molecule has 2 aromatic heterocycles. The van der Waals surface area contributed by atoms with E-state index in [0.29, 0.717) is 41.1 Å². The van der Waals surface area contributed by atoms with E-state index >= 15 is 0 Å². The van der Waals surface area contributed by atoms with E-state index in [0.717, 1.165) is 6.04 Å². The summed E-state index contributed by atoms with van der Waals surface area (Å²) in [6.45, 7) is 7.98. The highest BCUT2D eigenvalue weighted by atomic mass is 35.5. The standard InChI is InChI=1S/C14H22ClN5OSi/c1-22(2,3)5-4-21-9-20-14(12(17)8-19-20)10-6-13(15)18-7-11(10)16/h6-8H,4-5,9,16-17H2,1-3H3. The van der Waals surface area contributed by atoms with E-state index in [-0.39, 0.29) is 0 Å². The number of halogens is 1. The number of nitrogens with zero attached hydrogens (tertiary/aromatic N) is 3. The number of rotatable bonds is 6. The number of aromatic nitrogens is 3. The van der Waals surface area contributed by atoms with Crippen LogP contribution in [0.2, 0.25) is 30.8 Å². The summed E-state index contributed by atoms with van der Waals surface area (Å²) >= 11 is 5.95. The van der Waals surface area contributed by atoms with E-state index in [1.54, 1.807) is 16.9 Å². The van der Waals surface area contributed by atoms with Gasteiger partial charge in [-0.25, -0.2) is 9.67 Å². The van der Waals surface area contributed by atoms with Gasteiger partial charge in [0.05, 0.1) is 29.5 Å². The fourth-order valence-corrected chi connectivity index (χ4v) is 2.88. The summed E-state index contributed by atoms with van der Waals surface area (Å²) in [7, 11) is -1.11. The summed E-state index contributed by atoms with van der Waals surface area (Å²) in [6, 6.07) is 2.78. The molecule has 2 rings (SSSR count). The maximum absolute atomic E-state index is 6.01. The average molecular weight is 340 g/mol. The lowest BCUT2D eigenvalue weighted by atomic mass is 10.1. The third kappa shape index (κ3) is 4.22. The maximum Gasteiger partial charge on any atom is 0.140 e. The summed E-state index contributed by atoms with van der Waals surface area (Å²) in [5.41, 5.74) is 14.4. The zero-order valence-corrected chi connectivity index (χ0v) is 14.9. The minimum Gasteiger partial charge on any atom is -0.397 e. The van der Waals surface area contributed by atoms with Gasteiger partial charge in [-0.05, 0) is 12.1 Å². The van der Waals surface area contributed by atoms with E-state index < -0.39 is 8.07 Å². The highest BCUT2D eigenvalue weighted by molar-refractivity contribution is 6.76. The Morgan fingerprint density at radius 2 is 1.95 bits per heavy atom. The Hall–Kier alpha value is -1.57. The summed E-state index contributed by atoms with van der Waals surface area (Å²) in [4.78, 5) is 3.95. The molecule has 0 unspecified atom stereocenters. The van der Waals surface area contributed by atoms with Crippen LogP contribution in [-0.2, 0) is 11.5 Å². The normalized spacial score (nSPS) is 11.8. The molecule has 8 heteroatoms. The highest BCUT2D eigenvalue weighted by Crippen LogP contribution is 2.31. The van der Waals surface area contributed by atoms with Crippen LogP contribution >= 0.6 is 11.6 Å². The van der Waals surface area contributed by atoms with Crippen molar-refractivity contribution >= 4 is 31.0 Å². The number of ether oxygens (including phenoxy) is 1. The van der Waals surface area contributed by atoms with Gasteiger partial charge in [-0.15, -0.1) is 0 Å². The minimum atomic E-state index is -1.11. The molecule has 0 aliphatic heterocycles. The first-order valence-electron chi connectivity index (χ1n) is 7.08. The topological polar surface area (TPSA) is 92.0 Å². The van der Waals surface area contributed by atoms with Crippen LogP contribution in [0.25, 0.3) is 11.3 Å². The Morgan fingerprint density at radius 1 is 1.23 bits per heavy atom. The molecule has 0 amide bonds. The van der Waals surface area contributed by atoms with Crippen LogP contribution in [0.1, 0.15) is 0 Å². The molecule has 4 N–H and O–H groups in total. The molecule has 6 nitrogen and oxygen atoms in total. The second-order valence-electron chi connectivity index (χ2n) is 6.39. The number of hydrogen-bond acceptors (Lipinski definition) is 5. The number of nitrogens with two attached hydrogens (primary N) is 2. The van der Waals surface area contributed by atoms with Gasteiger partial charge in [0.1, 0.15) is 11.9 Å². The van der Waals surface area contributed by atoms with Gasteiger partial charge in [-0.2, -0.15) is 5.10 Å². The predicted octanol–water partition coefficient (Wildman–Crippen LogP) is 3.08. The van der Waals surface area contributed by atoms with Crippen LogP contribution in [0, 0.1) is 0 Å². The third-order valence-corrected chi connectivity index (χ3v) is 5.15. The molecule has 0 aromatic carbocycles. The lowest BCUT2D eigenvalue weighted by Gasteiger charge is -2.16. The third-order valence-electron chi connectivity index (χ3n) is 3.23. The van der Waals surface area contributed by atoms with Crippen molar-refractivity contribution in [3.8, 4) is 11.3 Å². The van der Waals surface area contributed by atoms with Gasteiger partial charge in [-0.1, -0.05) is 31.2 Å². The summed E-state index contributed by atoms with van der Waals surface area (Å²) in [5.74, 6) is 0. The Morgan fingerprint density at radius 3 is 2.64 bits per heavy atom. The Kier molecular flexibility index (Phi) is 5.10. The van der Waals surface area contributed by atoms with Gasteiger partial charge in [-0.3, -0.25) is 0 Å². The molecular weight excluding hydrogens is 318 g/mol. The first kappa shape index (κ1) is 16.8. The lowest BCUT2D eigenvalue weighted by Crippen LogP contribution is -2.22. The van der Waals surface area contributed by atoms with Crippen LogP contribution in [0.5, 0.6) is 0 Å². The zero-order chi connectivity index (χ0) is 16.3. The fourth-order valence-electron chi connectivity index (χ4n) is 1.97. The first-order valence-corrected chi connectivity index (χ1v) is 11.2. The Balaban J connectivity index is 2.16. The molecule has 22 heavy (non-hydrogen) atoms. The second kappa shape index (κ2) is 6.68. The number of hydrogen-bond donors (Lipinski definition) is 2. The van der Waals surface area contributed by atoms with Gasteiger partial charge in [0, 0.05) is 20.2 Å². The molecule has 2 aromatic rings. The number of nitrogen functional groups attached to an aromatic ring is 2. The van der Waals surface area contributed by atoms with Crippen molar-refractivity contribution in [2.24, 2.45) is 0 Å². The summed E-state index contributed by atoms with van der Waals surface area (Å²) in [5, 5.41) is 4.61. The zero-order valence-electron chi connectivity index (χ0n) is 13.1. The van der Waals surface area contributed by atoms with Crippen molar-refractivity contribution in [3.05, 3.63) is 23.6 Å². The SMILES string of the molecule is C[Si](C)(C)CCOCn1ncc(N)c1-c1cc(Cl)ncc1N. The van der Waals surface area contributed by atoms with Crippen molar-refractivity contribution in [2.45, 2.75) is 32.4 Å². The highest BCUT2D eigenvalue weighted by Gasteiger charge is 2.16. The van der Waals surface area contributed by atoms with E-state index in [1.807, 2.05) is 0 Å². The molecular formula is C14H22ClN5OSi. The molecule has 2 heterocycles. The molecule has 0 fully saturated rings. The van der Waals surface area contributed by atoms with Crippen LogP contribution < -0.4 is 11.5 Å². The van der Waals surface area contributed by atoms with Crippen molar-refractivity contribution < 1.29 is 4.74 Å². The van der Waals surface area contributed by atoms with Crippen LogP contribution in [0.15, 0.2) is 18.5 Å². The van der Waals surface area contributed by atoms with Crippen LogP contribution in [-0.4, -0.2) is 29.4 Å². The van der Waals surface area contributed by atoms with Crippen LogP contribution in [0.3, 0.4) is 0 Å². The lowest BCUT2D eigenvalue weighted by molar-refractivity contribution is 0.0798. The van der Waals surface area contributed by atoms with Crippen molar-refractivity contribution in [2.75, 3.05) is 18.1 Å². The molecule has 0 aliphatic carbocycles. The summed E-state index contributed by atoms with van der Waals surface area (Å²) in [6.07, 6.45) is 3.10. The average Bonchev–Trinajstić information content (AvgIpc) is 2.78. The quantitative estimate of drug-likeness (QED) is 0.479. The summed E-state index contributed by atoms with van der Waals surface area (Å²) < 4.78 is 7.43. The molecule has 0 spiro atoms. The molecule has 0 aliphatic rings. The van der Waals surface area contributed by atoms with Gasteiger partial charge in [0.15, 0.2) is 0 Å². The second-order valence-corrected chi connectivity index (χ2v) is 12.4. The molecule has 0 radical (unpaired) electrons. The van der Waals surface area contributed by atoms with Crippen molar-refractivity contribution in [1.29, 1.82) is 0 Å². The van der Waals surface area contributed by atoms with Gasteiger partial charge < -0.3 is 16.2 Å². The van der Waals surface area contributed by atoms with Crippen molar-refractivity contribution in [1.82, 2.24) is 14.8 Å².